The highest BCUT2D eigenvalue weighted by Crippen LogP contribution is 2.15. The number of carbonyl (C=O) groups excluding carboxylic acids is 2. The van der Waals surface area contributed by atoms with Crippen LogP contribution in [0.15, 0.2) is 21.2 Å². The molecule has 0 saturated carbocycles. The van der Waals surface area contributed by atoms with Crippen molar-refractivity contribution in [2.24, 2.45) is 5.92 Å². The van der Waals surface area contributed by atoms with Gasteiger partial charge in [0.2, 0.25) is 0 Å². The molecule has 0 fully saturated rings. The molecule has 1 aromatic rings. The van der Waals surface area contributed by atoms with Crippen molar-refractivity contribution in [2.75, 3.05) is 20.7 Å². The number of furan rings is 1. The van der Waals surface area contributed by atoms with Gasteiger partial charge in [-0.15, -0.1) is 0 Å². The molecule has 1 atom stereocenters. The molecule has 0 aliphatic heterocycles. The molecule has 6 heteroatoms. The van der Waals surface area contributed by atoms with E-state index in [2.05, 4.69) is 20.7 Å². The fourth-order valence-electron chi connectivity index (χ4n) is 1.39. The molecule has 0 saturated heterocycles. The first-order valence-corrected chi connectivity index (χ1v) is 5.83. The Kier molecular flexibility index (Phi) is 4.74. The molecule has 0 aliphatic rings. The molecule has 1 rings (SSSR count). The highest BCUT2D eigenvalue weighted by atomic mass is 79.9. The van der Waals surface area contributed by atoms with Gasteiger partial charge in [0, 0.05) is 13.6 Å². The van der Waals surface area contributed by atoms with E-state index in [0.29, 0.717) is 4.67 Å². The number of halogens is 1. The Labute approximate surface area is 108 Å². The van der Waals surface area contributed by atoms with E-state index in [1.54, 1.807) is 26.1 Å². The van der Waals surface area contributed by atoms with Crippen LogP contribution in [-0.4, -0.2) is 37.5 Å². The Morgan fingerprint density at radius 2 is 2.18 bits per heavy atom. The van der Waals surface area contributed by atoms with Crippen molar-refractivity contribution < 1.29 is 18.7 Å². The van der Waals surface area contributed by atoms with E-state index < -0.39 is 0 Å². The average molecular weight is 304 g/mol. The van der Waals surface area contributed by atoms with E-state index >= 15 is 0 Å². The lowest BCUT2D eigenvalue weighted by Gasteiger charge is -2.19. The lowest BCUT2D eigenvalue weighted by molar-refractivity contribution is -0.145. The summed E-state index contributed by atoms with van der Waals surface area (Å²) in [5.41, 5.74) is 0. The summed E-state index contributed by atoms with van der Waals surface area (Å²) in [5.74, 6) is -0.750. The van der Waals surface area contributed by atoms with Gasteiger partial charge in [-0.1, -0.05) is 6.92 Å². The molecule has 1 aromatic heterocycles. The highest BCUT2D eigenvalue weighted by Gasteiger charge is 2.21. The summed E-state index contributed by atoms with van der Waals surface area (Å²) in [6.07, 6.45) is 0. The van der Waals surface area contributed by atoms with Gasteiger partial charge in [0.25, 0.3) is 5.91 Å². The van der Waals surface area contributed by atoms with Gasteiger partial charge in [0.15, 0.2) is 10.4 Å². The maximum Gasteiger partial charge on any atom is 0.310 e. The minimum atomic E-state index is -0.368. The first-order chi connectivity index (χ1) is 7.95. The molecule has 0 radical (unpaired) electrons. The number of rotatable bonds is 4. The fraction of sp³-hybridized carbons (Fsp3) is 0.455. The summed E-state index contributed by atoms with van der Waals surface area (Å²) < 4.78 is 10.2. The Balaban J connectivity index is 2.62. The van der Waals surface area contributed by atoms with Crippen LogP contribution in [0.2, 0.25) is 0 Å². The van der Waals surface area contributed by atoms with Crippen LogP contribution in [-0.2, 0) is 9.53 Å². The Morgan fingerprint density at radius 3 is 2.65 bits per heavy atom. The molecule has 0 N–H and O–H groups in total. The number of methoxy groups -OCH3 is 1. The topological polar surface area (TPSA) is 59.8 Å². The molecule has 17 heavy (non-hydrogen) atoms. The summed E-state index contributed by atoms with van der Waals surface area (Å²) >= 11 is 3.12. The van der Waals surface area contributed by atoms with E-state index in [4.69, 9.17) is 4.42 Å². The number of hydrogen-bond donors (Lipinski definition) is 0. The number of carbonyl (C=O) groups is 2. The number of amides is 1. The summed E-state index contributed by atoms with van der Waals surface area (Å²) in [7, 11) is 2.93. The quantitative estimate of drug-likeness (QED) is 0.797. The van der Waals surface area contributed by atoms with Gasteiger partial charge in [-0.3, -0.25) is 9.59 Å². The van der Waals surface area contributed by atoms with Gasteiger partial charge in [-0.25, -0.2) is 0 Å². The van der Waals surface area contributed by atoms with Crippen LogP contribution < -0.4 is 0 Å². The first kappa shape index (κ1) is 13.8. The van der Waals surface area contributed by atoms with Crippen LogP contribution in [0, 0.1) is 5.92 Å². The second-order valence-corrected chi connectivity index (χ2v) is 4.50. The largest absolute Gasteiger partial charge is 0.469 e. The van der Waals surface area contributed by atoms with Gasteiger partial charge in [-0.05, 0) is 28.1 Å². The van der Waals surface area contributed by atoms with Crippen molar-refractivity contribution in [3.63, 3.8) is 0 Å². The summed E-state index contributed by atoms with van der Waals surface area (Å²) in [6, 6.07) is 3.22. The summed E-state index contributed by atoms with van der Waals surface area (Å²) in [4.78, 5) is 24.5. The molecule has 1 heterocycles. The smallest absolute Gasteiger partial charge is 0.310 e. The van der Waals surface area contributed by atoms with Gasteiger partial charge >= 0.3 is 5.97 Å². The molecule has 94 valence electrons. The fourth-order valence-corrected chi connectivity index (χ4v) is 1.69. The van der Waals surface area contributed by atoms with Crippen LogP contribution in [0.4, 0.5) is 0 Å². The third kappa shape index (κ3) is 3.59. The molecule has 0 aliphatic carbocycles. The summed E-state index contributed by atoms with van der Waals surface area (Å²) in [6.45, 7) is 1.98. The molecule has 1 amide bonds. The molecule has 0 aromatic carbocycles. The van der Waals surface area contributed by atoms with Crippen molar-refractivity contribution in [3.8, 4) is 0 Å². The molecule has 0 bridgehead atoms. The zero-order valence-corrected chi connectivity index (χ0v) is 11.5. The first-order valence-electron chi connectivity index (χ1n) is 5.04. The van der Waals surface area contributed by atoms with Crippen LogP contribution in [0.1, 0.15) is 17.5 Å². The van der Waals surface area contributed by atoms with Crippen molar-refractivity contribution >= 4 is 27.8 Å². The van der Waals surface area contributed by atoms with Gasteiger partial charge < -0.3 is 14.1 Å². The van der Waals surface area contributed by atoms with E-state index in [9.17, 15) is 9.59 Å². The number of ether oxygens (including phenoxy) is 1. The molecule has 1 unspecified atom stereocenters. The van der Waals surface area contributed by atoms with Gasteiger partial charge in [0.1, 0.15) is 0 Å². The Morgan fingerprint density at radius 1 is 1.53 bits per heavy atom. The zero-order valence-electron chi connectivity index (χ0n) is 9.90. The Bertz CT molecular complexity index is 415. The van der Waals surface area contributed by atoms with Gasteiger partial charge in [0.05, 0.1) is 13.0 Å². The predicted octanol–water partition coefficient (Wildman–Crippen LogP) is 1.92. The number of nitrogens with zero attached hydrogens (tertiary/aromatic N) is 1. The molecular formula is C11H14BrNO4. The maximum absolute atomic E-state index is 11.9. The molecule has 5 nitrogen and oxygen atoms in total. The number of hydrogen-bond acceptors (Lipinski definition) is 4. The summed E-state index contributed by atoms with van der Waals surface area (Å²) in [5, 5.41) is 0. The minimum absolute atomic E-state index is 0.233. The van der Waals surface area contributed by atoms with E-state index in [0.717, 1.165) is 0 Å². The van der Waals surface area contributed by atoms with E-state index in [-0.39, 0.29) is 30.1 Å². The predicted molar refractivity (Wildman–Crippen MR) is 64.5 cm³/mol. The Hall–Kier alpha value is -1.30. The lowest BCUT2D eigenvalue weighted by Crippen LogP contribution is -2.33. The minimum Gasteiger partial charge on any atom is -0.469 e. The number of esters is 1. The van der Waals surface area contributed by atoms with Crippen LogP contribution in [0.25, 0.3) is 0 Å². The van der Waals surface area contributed by atoms with Crippen LogP contribution in [0.3, 0.4) is 0 Å². The third-order valence-corrected chi connectivity index (χ3v) is 2.71. The average Bonchev–Trinajstić information content (AvgIpc) is 2.73. The van der Waals surface area contributed by atoms with Crippen LogP contribution in [0.5, 0.6) is 0 Å². The van der Waals surface area contributed by atoms with Crippen molar-refractivity contribution in [2.45, 2.75) is 6.92 Å². The normalized spacial score (nSPS) is 12.0. The lowest BCUT2D eigenvalue weighted by atomic mass is 10.1. The molecular weight excluding hydrogens is 290 g/mol. The zero-order chi connectivity index (χ0) is 13.0. The van der Waals surface area contributed by atoms with E-state index in [1.807, 2.05) is 0 Å². The second kappa shape index (κ2) is 5.86. The van der Waals surface area contributed by atoms with Crippen LogP contribution >= 0.6 is 15.9 Å². The maximum atomic E-state index is 11.9. The second-order valence-electron chi connectivity index (χ2n) is 3.71. The van der Waals surface area contributed by atoms with Crippen molar-refractivity contribution in [1.82, 2.24) is 4.90 Å². The highest BCUT2D eigenvalue weighted by molar-refractivity contribution is 9.10. The van der Waals surface area contributed by atoms with Gasteiger partial charge in [-0.2, -0.15) is 0 Å². The van der Waals surface area contributed by atoms with Crippen molar-refractivity contribution in [3.05, 3.63) is 22.6 Å². The third-order valence-electron chi connectivity index (χ3n) is 2.28. The standard InChI is InChI=1S/C11H14BrNO4/c1-7(11(15)16-3)6-13(2)10(14)8-4-5-9(12)17-8/h4-5,7H,6H2,1-3H3. The molecule has 0 spiro atoms. The SMILES string of the molecule is COC(=O)C(C)CN(C)C(=O)c1ccc(Br)o1. The van der Waals surface area contributed by atoms with E-state index in [1.165, 1.54) is 12.0 Å². The van der Waals surface area contributed by atoms with Crippen molar-refractivity contribution in [1.29, 1.82) is 0 Å². The monoisotopic (exact) mass is 303 g/mol.